The molecule has 2 amide bonds. The van der Waals surface area contributed by atoms with Crippen LogP contribution in [0.5, 0.6) is 0 Å². The molecule has 1 heterocycles. The van der Waals surface area contributed by atoms with Crippen LogP contribution in [0.4, 0.5) is 0 Å². The van der Waals surface area contributed by atoms with Crippen molar-refractivity contribution in [2.24, 2.45) is 5.92 Å². The number of sulfonamides is 1. The molecule has 1 aliphatic carbocycles. The van der Waals surface area contributed by atoms with Crippen molar-refractivity contribution in [2.45, 2.75) is 43.5 Å². The number of benzene rings is 1. The average molecular weight is 336 g/mol. The fourth-order valence-corrected chi connectivity index (χ4v) is 4.83. The summed E-state index contributed by atoms with van der Waals surface area (Å²) in [7, 11) is -3.92. The van der Waals surface area contributed by atoms with Gasteiger partial charge in [0.1, 0.15) is 11.4 Å². The molecule has 1 N–H and O–H groups in total. The number of carbonyl (C=O) groups excluding carboxylic acids is 2. The first-order valence-corrected chi connectivity index (χ1v) is 9.30. The zero-order valence-electron chi connectivity index (χ0n) is 13.0. The highest BCUT2D eigenvalue weighted by atomic mass is 32.2. The SMILES string of the molecule is C[C@H]1CCCC[C@H]1NC(=O)CN1C(=O)c2ccccc2S1(=O)=O. The first kappa shape index (κ1) is 16.0. The van der Waals surface area contributed by atoms with E-state index in [1.807, 2.05) is 0 Å². The van der Waals surface area contributed by atoms with E-state index in [1.54, 1.807) is 12.1 Å². The van der Waals surface area contributed by atoms with Gasteiger partial charge in [-0.2, -0.15) is 0 Å². The summed E-state index contributed by atoms with van der Waals surface area (Å²) in [4.78, 5) is 24.5. The van der Waals surface area contributed by atoms with Crippen molar-refractivity contribution in [3.63, 3.8) is 0 Å². The maximum absolute atomic E-state index is 12.4. The maximum Gasteiger partial charge on any atom is 0.269 e. The molecule has 0 aromatic heterocycles. The lowest BCUT2D eigenvalue weighted by molar-refractivity contribution is -0.122. The summed E-state index contributed by atoms with van der Waals surface area (Å²) in [6.45, 7) is 1.62. The predicted molar refractivity (Wildman–Crippen MR) is 84.2 cm³/mol. The molecule has 1 aromatic rings. The summed E-state index contributed by atoms with van der Waals surface area (Å²) in [5.74, 6) is -0.684. The van der Waals surface area contributed by atoms with Crippen LogP contribution in [0.15, 0.2) is 29.2 Å². The highest BCUT2D eigenvalue weighted by molar-refractivity contribution is 7.90. The van der Waals surface area contributed by atoms with E-state index < -0.39 is 28.4 Å². The van der Waals surface area contributed by atoms with Crippen LogP contribution in [-0.4, -0.2) is 37.1 Å². The Morgan fingerprint density at radius 3 is 2.65 bits per heavy atom. The van der Waals surface area contributed by atoms with E-state index in [4.69, 9.17) is 0 Å². The van der Waals surface area contributed by atoms with Gasteiger partial charge in [0, 0.05) is 6.04 Å². The third-order valence-corrected chi connectivity index (χ3v) is 6.44. The molecule has 0 unspecified atom stereocenters. The van der Waals surface area contributed by atoms with Gasteiger partial charge < -0.3 is 5.32 Å². The molecule has 0 saturated heterocycles. The fourth-order valence-electron chi connectivity index (χ4n) is 3.30. The second-order valence-electron chi connectivity index (χ2n) is 6.25. The first-order valence-electron chi connectivity index (χ1n) is 7.86. The Kier molecular flexibility index (Phi) is 4.14. The van der Waals surface area contributed by atoms with Crippen LogP contribution in [0.25, 0.3) is 0 Å². The van der Waals surface area contributed by atoms with Crippen molar-refractivity contribution in [3.8, 4) is 0 Å². The molecule has 7 heteroatoms. The van der Waals surface area contributed by atoms with E-state index in [0.717, 1.165) is 25.7 Å². The molecule has 0 radical (unpaired) electrons. The average Bonchev–Trinajstić information content (AvgIpc) is 2.71. The normalized spacial score (nSPS) is 26.0. The summed E-state index contributed by atoms with van der Waals surface area (Å²) in [5, 5.41) is 2.88. The third-order valence-electron chi connectivity index (χ3n) is 4.66. The Bertz CT molecular complexity index is 744. The van der Waals surface area contributed by atoms with Gasteiger partial charge in [0.05, 0.1) is 5.56 Å². The second kappa shape index (κ2) is 5.96. The summed E-state index contributed by atoms with van der Waals surface area (Å²) < 4.78 is 25.5. The van der Waals surface area contributed by atoms with E-state index in [0.29, 0.717) is 10.2 Å². The number of amides is 2. The number of nitrogens with one attached hydrogen (secondary N) is 1. The zero-order chi connectivity index (χ0) is 16.6. The third kappa shape index (κ3) is 2.85. The van der Waals surface area contributed by atoms with E-state index in [9.17, 15) is 18.0 Å². The molecule has 2 atom stereocenters. The number of hydrogen-bond donors (Lipinski definition) is 1. The van der Waals surface area contributed by atoms with Gasteiger partial charge in [-0.1, -0.05) is 31.9 Å². The smallest absolute Gasteiger partial charge is 0.269 e. The topological polar surface area (TPSA) is 83.6 Å². The lowest BCUT2D eigenvalue weighted by Crippen LogP contribution is -2.46. The van der Waals surface area contributed by atoms with Crippen LogP contribution in [-0.2, 0) is 14.8 Å². The molecule has 1 saturated carbocycles. The van der Waals surface area contributed by atoms with Crippen LogP contribution in [0.2, 0.25) is 0 Å². The van der Waals surface area contributed by atoms with Crippen molar-refractivity contribution < 1.29 is 18.0 Å². The molecular weight excluding hydrogens is 316 g/mol. The van der Waals surface area contributed by atoms with Crippen molar-refractivity contribution in [2.75, 3.05) is 6.54 Å². The quantitative estimate of drug-likeness (QED) is 0.907. The van der Waals surface area contributed by atoms with Crippen LogP contribution in [0, 0.1) is 5.92 Å². The van der Waals surface area contributed by atoms with Gasteiger partial charge >= 0.3 is 0 Å². The van der Waals surface area contributed by atoms with Gasteiger partial charge in [-0.3, -0.25) is 9.59 Å². The van der Waals surface area contributed by atoms with Crippen molar-refractivity contribution in [1.82, 2.24) is 9.62 Å². The van der Waals surface area contributed by atoms with Gasteiger partial charge in [-0.25, -0.2) is 12.7 Å². The lowest BCUT2D eigenvalue weighted by atomic mass is 9.86. The minimum Gasteiger partial charge on any atom is -0.352 e. The minimum absolute atomic E-state index is 0.0242. The number of carbonyl (C=O) groups is 2. The molecule has 6 nitrogen and oxygen atoms in total. The maximum atomic E-state index is 12.4. The monoisotopic (exact) mass is 336 g/mol. The number of rotatable bonds is 3. The zero-order valence-corrected chi connectivity index (χ0v) is 13.8. The predicted octanol–water partition coefficient (Wildman–Crippen LogP) is 1.53. The highest BCUT2D eigenvalue weighted by Crippen LogP contribution is 2.29. The van der Waals surface area contributed by atoms with E-state index in [2.05, 4.69) is 12.2 Å². The van der Waals surface area contributed by atoms with Gasteiger partial charge in [0.15, 0.2) is 0 Å². The van der Waals surface area contributed by atoms with E-state index in [1.165, 1.54) is 12.1 Å². The molecule has 1 aliphatic heterocycles. The van der Waals surface area contributed by atoms with Crippen molar-refractivity contribution in [1.29, 1.82) is 0 Å². The van der Waals surface area contributed by atoms with Crippen LogP contribution in [0.3, 0.4) is 0 Å². The van der Waals surface area contributed by atoms with Gasteiger partial charge in [-0.05, 0) is 30.9 Å². The van der Waals surface area contributed by atoms with Crippen LogP contribution >= 0.6 is 0 Å². The number of fused-ring (bicyclic) bond motifs is 1. The summed E-state index contributed by atoms with van der Waals surface area (Å²) in [5.41, 5.74) is 0.131. The number of hydrogen-bond acceptors (Lipinski definition) is 4. The van der Waals surface area contributed by atoms with Gasteiger partial charge in [0.25, 0.3) is 15.9 Å². The minimum atomic E-state index is -3.92. The fraction of sp³-hybridized carbons (Fsp3) is 0.500. The Morgan fingerprint density at radius 2 is 1.96 bits per heavy atom. The summed E-state index contributed by atoms with van der Waals surface area (Å²) >= 11 is 0. The number of nitrogens with zero attached hydrogens (tertiary/aromatic N) is 1. The standard InChI is InChI=1S/C16H20N2O4S/c1-11-6-2-4-8-13(11)17-15(19)10-18-16(20)12-7-3-5-9-14(12)23(18,21)22/h3,5,7,9,11,13H,2,4,6,8,10H2,1H3,(H,17,19)/t11-,13+/m0/s1. The Morgan fingerprint density at radius 1 is 1.26 bits per heavy atom. The Balaban J connectivity index is 1.73. The van der Waals surface area contributed by atoms with Crippen LogP contribution in [0.1, 0.15) is 43.0 Å². The first-order chi connectivity index (χ1) is 10.9. The molecule has 23 heavy (non-hydrogen) atoms. The molecule has 2 aliphatic rings. The van der Waals surface area contributed by atoms with Crippen molar-refractivity contribution >= 4 is 21.8 Å². The molecule has 0 bridgehead atoms. The van der Waals surface area contributed by atoms with Crippen LogP contribution < -0.4 is 5.32 Å². The van der Waals surface area contributed by atoms with Gasteiger partial charge in [0.2, 0.25) is 5.91 Å². The molecule has 3 rings (SSSR count). The molecular formula is C16H20N2O4S. The summed E-state index contributed by atoms with van der Waals surface area (Å²) in [6, 6.07) is 6.09. The van der Waals surface area contributed by atoms with Gasteiger partial charge in [-0.15, -0.1) is 0 Å². The largest absolute Gasteiger partial charge is 0.352 e. The Labute approximate surface area is 135 Å². The highest BCUT2D eigenvalue weighted by Gasteiger charge is 2.42. The molecule has 124 valence electrons. The second-order valence-corrected chi connectivity index (χ2v) is 8.08. The van der Waals surface area contributed by atoms with E-state index in [-0.39, 0.29) is 16.5 Å². The summed E-state index contributed by atoms with van der Waals surface area (Å²) in [6.07, 6.45) is 4.16. The molecule has 0 spiro atoms. The Hall–Kier alpha value is -1.89. The van der Waals surface area contributed by atoms with Crippen molar-refractivity contribution in [3.05, 3.63) is 29.8 Å². The van der Waals surface area contributed by atoms with E-state index >= 15 is 0 Å². The molecule has 1 aromatic carbocycles. The molecule has 1 fully saturated rings. The lowest BCUT2D eigenvalue weighted by Gasteiger charge is -2.30.